The zero-order valence-electron chi connectivity index (χ0n) is 13.9. The molecule has 4 heterocycles. The van der Waals surface area contributed by atoms with Crippen LogP contribution in [0.4, 0.5) is 10.5 Å². The third kappa shape index (κ3) is 3.06. The number of carbonyl (C=O) groups is 1. The summed E-state index contributed by atoms with van der Waals surface area (Å²) in [4.78, 5) is 13.6. The second-order valence-electron chi connectivity index (χ2n) is 7.18. The van der Waals surface area contributed by atoms with Crippen LogP contribution < -0.4 is 5.32 Å². The molecule has 5 heteroatoms. The van der Waals surface area contributed by atoms with Gasteiger partial charge in [-0.3, -0.25) is 5.32 Å². The highest BCUT2D eigenvalue weighted by Crippen LogP contribution is 2.35. The van der Waals surface area contributed by atoms with Gasteiger partial charge in [0.1, 0.15) is 6.54 Å². The molecule has 3 saturated heterocycles. The molecular formula is C19H23N2O2S+. The van der Waals surface area contributed by atoms with Crippen molar-refractivity contribution in [1.82, 2.24) is 0 Å². The number of nitrogens with one attached hydrogen (secondary N) is 1. The molecule has 0 aliphatic carbocycles. The van der Waals surface area contributed by atoms with E-state index in [1.165, 1.54) is 25.9 Å². The van der Waals surface area contributed by atoms with Crippen molar-refractivity contribution in [2.45, 2.75) is 18.9 Å². The van der Waals surface area contributed by atoms with Crippen LogP contribution >= 0.6 is 11.3 Å². The van der Waals surface area contributed by atoms with Gasteiger partial charge in [0.25, 0.3) is 0 Å². The molecule has 2 aromatic rings. The number of piperidine rings is 3. The van der Waals surface area contributed by atoms with E-state index in [4.69, 9.17) is 4.74 Å². The summed E-state index contributed by atoms with van der Waals surface area (Å²) < 4.78 is 6.85. The number of anilines is 1. The monoisotopic (exact) mass is 343 g/mol. The molecule has 0 radical (unpaired) electrons. The average molecular weight is 343 g/mol. The smallest absolute Gasteiger partial charge is 0.412 e. The van der Waals surface area contributed by atoms with Crippen LogP contribution in [-0.2, 0) is 4.74 Å². The van der Waals surface area contributed by atoms with E-state index < -0.39 is 0 Å². The summed E-state index contributed by atoms with van der Waals surface area (Å²) in [5, 5.41) is 5.00. The summed E-state index contributed by atoms with van der Waals surface area (Å²) in [6, 6.07) is 12.0. The Kier molecular flexibility index (Phi) is 4.06. The number of ether oxygens (including phenoxy) is 1. The van der Waals surface area contributed by atoms with Crippen molar-refractivity contribution in [2.24, 2.45) is 5.92 Å². The van der Waals surface area contributed by atoms with E-state index in [0.29, 0.717) is 5.92 Å². The zero-order valence-corrected chi connectivity index (χ0v) is 14.7. The molecule has 24 heavy (non-hydrogen) atoms. The fourth-order valence-corrected chi connectivity index (χ4v) is 4.76. The maximum atomic E-state index is 12.4. The van der Waals surface area contributed by atoms with Gasteiger partial charge in [-0.05, 0) is 17.5 Å². The molecule has 3 fully saturated rings. The van der Waals surface area contributed by atoms with Gasteiger partial charge in [0.2, 0.25) is 0 Å². The molecule has 3 aliphatic heterocycles. The van der Waals surface area contributed by atoms with Crippen molar-refractivity contribution in [3.63, 3.8) is 0 Å². The van der Waals surface area contributed by atoms with Gasteiger partial charge in [-0.2, -0.15) is 0 Å². The normalized spacial score (nSPS) is 28.5. The summed E-state index contributed by atoms with van der Waals surface area (Å²) in [7, 11) is 2.27. The second-order valence-corrected chi connectivity index (χ2v) is 8.13. The van der Waals surface area contributed by atoms with E-state index in [9.17, 15) is 4.79 Å². The van der Waals surface area contributed by atoms with Crippen molar-refractivity contribution in [3.05, 3.63) is 41.8 Å². The van der Waals surface area contributed by atoms with E-state index in [1.807, 2.05) is 35.7 Å². The number of hydrogen-bond acceptors (Lipinski definition) is 3. The van der Waals surface area contributed by atoms with Crippen molar-refractivity contribution in [3.8, 4) is 10.4 Å². The quantitative estimate of drug-likeness (QED) is 0.848. The topological polar surface area (TPSA) is 38.3 Å². The molecule has 1 atom stereocenters. The van der Waals surface area contributed by atoms with Gasteiger partial charge in [0, 0.05) is 29.2 Å². The summed E-state index contributed by atoms with van der Waals surface area (Å²) in [5.74, 6) is 0.531. The fourth-order valence-electron chi connectivity index (χ4n) is 4.00. The number of nitrogens with zero attached hydrogens (tertiary/aromatic N) is 1. The standard InChI is InChI=1S/C19H22N2O2S/c1-21-10-8-14(9-11-21)17(13-21)23-19(22)20-16-6-3-2-5-15(16)18-7-4-12-24-18/h2-7,12,14,17H,8-11,13H2,1H3/p+1/t14?,17-,21?/m0/s1. The van der Waals surface area contributed by atoms with Gasteiger partial charge >= 0.3 is 6.09 Å². The van der Waals surface area contributed by atoms with Gasteiger partial charge in [0.15, 0.2) is 6.10 Å². The molecule has 5 rings (SSSR count). The van der Waals surface area contributed by atoms with Crippen LogP contribution in [0.15, 0.2) is 41.8 Å². The number of rotatable bonds is 3. The lowest BCUT2D eigenvalue weighted by atomic mass is 9.84. The minimum Gasteiger partial charge on any atom is -0.440 e. The third-order valence-electron chi connectivity index (χ3n) is 5.43. The van der Waals surface area contributed by atoms with Crippen LogP contribution in [-0.4, -0.2) is 43.4 Å². The van der Waals surface area contributed by atoms with Crippen LogP contribution in [0.25, 0.3) is 10.4 Å². The van der Waals surface area contributed by atoms with Crippen LogP contribution in [0, 0.1) is 5.92 Å². The maximum absolute atomic E-state index is 12.4. The number of likely N-dealkylation sites (N-methyl/N-ethyl adjacent to an activating group) is 1. The molecule has 1 aromatic carbocycles. The second kappa shape index (κ2) is 6.22. The highest BCUT2D eigenvalue weighted by molar-refractivity contribution is 7.13. The molecule has 3 aliphatic rings. The molecule has 1 amide bonds. The Balaban J connectivity index is 1.46. The predicted octanol–water partition coefficient (Wildman–Crippen LogP) is 4.20. The number of amides is 1. The van der Waals surface area contributed by atoms with E-state index >= 15 is 0 Å². The van der Waals surface area contributed by atoms with Gasteiger partial charge in [-0.25, -0.2) is 4.79 Å². The van der Waals surface area contributed by atoms with Gasteiger partial charge in [-0.1, -0.05) is 24.3 Å². The Morgan fingerprint density at radius 3 is 2.71 bits per heavy atom. The van der Waals surface area contributed by atoms with Gasteiger partial charge < -0.3 is 9.22 Å². The molecule has 0 unspecified atom stereocenters. The lowest BCUT2D eigenvalue weighted by Crippen LogP contribution is -2.62. The van der Waals surface area contributed by atoms with E-state index in [-0.39, 0.29) is 12.2 Å². The van der Waals surface area contributed by atoms with Crippen LogP contribution in [0.5, 0.6) is 0 Å². The summed E-state index contributed by atoms with van der Waals surface area (Å²) in [5.41, 5.74) is 1.85. The molecule has 2 bridgehead atoms. The lowest BCUT2D eigenvalue weighted by molar-refractivity contribution is -0.928. The number of benzene rings is 1. The minimum atomic E-state index is -0.329. The Morgan fingerprint density at radius 2 is 2.00 bits per heavy atom. The Labute approximate surface area is 146 Å². The van der Waals surface area contributed by atoms with Crippen LogP contribution in [0.3, 0.4) is 0 Å². The number of para-hydroxylation sites is 1. The zero-order chi connectivity index (χ0) is 16.6. The predicted molar refractivity (Wildman–Crippen MR) is 97.2 cm³/mol. The largest absolute Gasteiger partial charge is 0.440 e. The Morgan fingerprint density at radius 1 is 1.21 bits per heavy atom. The first kappa shape index (κ1) is 15.7. The number of carbonyl (C=O) groups excluding carboxylic acids is 1. The number of hydrogen-bond donors (Lipinski definition) is 1. The minimum absolute atomic E-state index is 0.0476. The lowest BCUT2D eigenvalue weighted by Gasteiger charge is -2.49. The van der Waals surface area contributed by atoms with E-state index in [0.717, 1.165) is 27.2 Å². The van der Waals surface area contributed by atoms with Gasteiger partial charge in [0.05, 0.1) is 25.8 Å². The molecule has 1 aromatic heterocycles. The first-order chi connectivity index (χ1) is 11.6. The molecule has 0 saturated carbocycles. The van der Waals surface area contributed by atoms with Gasteiger partial charge in [-0.15, -0.1) is 11.3 Å². The molecule has 126 valence electrons. The highest BCUT2D eigenvalue weighted by atomic mass is 32.1. The van der Waals surface area contributed by atoms with Crippen molar-refractivity contribution in [1.29, 1.82) is 0 Å². The molecule has 1 N–H and O–H groups in total. The maximum Gasteiger partial charge on any atom is 0.412 e. The fraction of sp³-hybridized carbons (Fsp3) is 0.421. The van der Waals surface area contributed by atoms with Crippen molar-refractivity contribution >= 4 is 23.1 Å². The number of thiophene rings is 1. The number of quaternary nitrogens is 1. The van der Waals surface area contributed by atoms with E-state index in [2.05, 4.69) is 18.4 Å². The first-order valence-electron chi connectivity index (χ1n) is 8.57. The molecule has 0 spiro atoms. The Hall–Kier alpha value is -1.85. The summed E-state index contributed by atoms with van der Waals surface area (Å²) in [6.07, 6.45) is 2.05. The summed E-state index contributed by atoms with van der Waals surface area (Å²) in [6.45, 7) is 3.38. The van der Waals surface area contributed by atoms with Crippen LogP contribution in [0.2, 0.25) is 0 Å². The first-order valence-corrected chi connectivity index (χ1v) is 9.45. The van der Waals surface area contributed by atoms with E-state index in [1.54, 1.807) is 11.3 Å². The number of fused-ring (bicyclic) bond motifs is 3. The van der Waals surface area contributed by atoms with Crippen molar-refractivity contribution < 1.29 is 14.0 Å². The Bertz CT molecular complexity index is 721. The molecular weight excluding hydrogens is 320 g/mol. The summed E-state index contributed by atoms with van der Waals surface area (Å²) >= 11 is 1.67. The highest BCUT2D eigenvalue weighted by Gasteiger charge is 2.45. The SMILES string of the molecule is C[N+]12CCC(CC1)[C@@H](OC(=O)Nc1ccccc1-c1cccs1)C2. The van der Waals surface area contributed by atoms with Crippen molar-refractivity contribution in [2.75, 3.05) is 32.0 Å². The average Bonchev–Trinajstić information content (AvgIpc) is 3.09. The third-order valence-corrected chi connectivity index (χ3v) is 6.34. The van der Waals surface area contributed by atoms with Crippen LogP contribution in [0.1, 0.15) is 12.8 Å². The molecule has 4 nitrogen and oxygen atoms in total.